The zero-order valence-electron chi connectivity index (χ0n) is 27.7. The van der Waals surface area contributed by atoms with Crippen LogP contribution < -0.4 is 19.3 Å². The summed E-state index contributed by atoms with van der Waals surface area (Å²) in [5.74, 6) is 1.76. The molecule has 0 N–H and O–H groups in total. The van der Waals surface area contributed by atoms with Gasteiger partial charge in [-0.1, -0.05) is 51.4 Å². The molecule has 1 unspecified atom stereocenters. The van der Waals surface area contributed by atoms with E-state index in [0.29, 0.717) is 0 Å². The van der Waals surface area contributed by atoms with Crippen molar-refractivity contribution < 1.29 is 14.2 Å². The van der Waals surface area contributed by atoms with Gasteiger partial charge in [-0.25, -0.2) is 0 Å². The molecule has 0 amide bonds. The fraction of sp³-hybridized carbons (Fsp3) is 0.459. The van der Waals surface area contributed by atoms with Crippen LogP contribution in [0.5, 0.6) is 11.5 Å². The standard InChI is InChI=1S/C37H47ClN2O3/c1-23-19-27(41-9)21-29-33(23)39(7)31(35(29,3)4)16-15-25-13-12-14-26(32(25)38)17-18-37(43-11)36(5,6)30-22-28(42-10)20-24(2)34(30)40(37)8/h15-22H,12-14H2,1-11H3. The molecular formula is C37H47ClN2O3. The highest BCUT2D eigenvalue weighted by Gasteiger charge is 2.55. The first-order chi connectivity index (χ1) is 20.2. The molecule has 0 spiro atoms. The van der Waals surface area contributed by atoms with Crippen molar-refractivity contribution in [3.63, 3.8) is 0 Å². The third-order valence-corrected chi connectivity index (χ3v) is 10.6. The lowest BCUT2D eigenvalue weighted by Gasteiger charge is -2.43. The smallest absolute Gasteiger partial charge is 0.169 e. The molecule has 0 radical (unpaired) electrons. The number of hydrogen-bond donors (Lipinski definition) is 0. The molecule has 0 fully saturated rings. The average molecular weight is 603 g/mol. The van der Waals surface area contributed by atoms with Gasteiger partial charge in [0.15, 0.2) is 5.72 Å². The number of ether oxygens (including phenoxy) is 3. The Morgan fingerprint density at radius 2 is 1.42 bits per heavy atom. The number of hydrogen-bond acceptors (Lipinski definition) is 5. The van der Waals surface area contributed by atoms with Gasteiger partial charge in [0.25, 0.3) is 0 Å². The van der Waals surface area contributed by atoms with Crippen LogP contribution in [0, 0.1) is 13.8 Å². The first-order valence-electron chi connectivity index (χ1n) is 15.2. The molecule has 0 saturated heterocycles. The lowest BCUT2D eigenvalue weighted by atomic mass is 9.76. The molecule has 1 atom stereocenters. The van der Waals surface area contributed by atoms with Gasteiger partial charge in [-0.05, 0) is 103 Å². The Kier molecular flexibility index (Phi) is 8.07. The third kappa shape index (κ3) is 4.71. The van der Waals surface area contributed by atoms with E-state index in [9.17, 15) is 0 Å². The molecule has 0 bridgehead atoms. The summed E-state index contributed by atoms with van der Waals surface area (Å²) >= 11 is 7.16. The van der Waals surface area contributed by atoms with Crippen LogP contribution in [0.3, 0.4) is 0 Å². The van der Waals surface area contributed by atoms with Crippen molar-refractivity contribution >= 4 is 23.0 Å². The van der Waals surface area contributed by atoms with Gasteiger partial charge in [-0.2, -0.15) is 0 Å². The Balaban J connectivity index is 1.50. The summed E-state index contributed by atoms with van der Waals surface area (Å²) in [7, 11) is 9.52. The monoisotopic (exact) mass is 602 g/mol. The zero-order chi connectivity index (χ0) is 31.5. The molecule has 43 heavy (non-hydrogen) atoms. The van der Waals surface area contributed by atoms with Crippen LogP contribution in [-0.4, -0.2) is 41.1 Å². The van der Waals surface area contributed by atoms with Crippen molar-refractivity contribution in [2.45, 2.75) is 77.4 Å². The Hall–Kier alpha value is -3.15. The largest absolute Gasteiger partial charge is 0.497 e. The fourth-order valence-corrected chi connectivity index (χ4v) is 8.04. The molecule has 2 aliphatic heterocycles. The number of rotatable bonds is 6. The zero-order valence-corrected chi connectivity index (χ0v) is 28.5. The van der Waals surface area contributed by atoms with Crippen LogP contribution >= 0.6 is 11.6 Å². The highest BCUT2D eigenvalue weighted by atomic mass is 35.5. The topological polar surface area (TPSA) is 34.2 Å². The minimum Gasteiger partial charge on any atom is -0.497 e. The van der Waals surface area contributed by atoms with E-state index in [-0.39, 0.29) is 10.8 Å². The van der Waals surface area contributed by atoms with Gasteiger partial charge < -0.3 is 24.0 Å². The van der Waals surface area contributed by atoms with Crippen LogP contribution in [0.4, 0.5) is 11.4 Å². The van der Waals surface area contributed by atoms with Crippen molar-refractivity contribution in [2.75, 3.05) is 45.2 Å². The number of likely N-dealkylation sites (N-methyl/N-ethyl adjacent to an activating group) is 2. The van der Waals surface area contributed by atoms with Crippen LogP contribution in [0.25, 0.3) is 0 Å². The lowest BCUT2D eigenvalue weighted by Crippen LogP contribution is -2.54. The van der Waals surface area contributed by atoms with Crippen molar-refractivity contribution in [2.24, 2.45) is 0 Å². The SMILES string of the molecule is COc1cc(C)c2c(c1)C(C)(C)C(=CC=C1CCCC(C=CC3(OC)N(C)c4c(C)cc(OC)cc4C3(C)C)=C1Cl)N2C. The third-order valence-electron chi connectivity index (χ3n) is 10.2. The van der Waals surface area contributed by atoms with E-state index in [4.69, 9.17) is 25.8 Å². The maximum absolute atomic E-state index is 7.16. The number of allylic oxidation sites excluding steroid dienone is 7. The van der Waals surface area contributed by atoms with Gasteiger partial charge in [-0.3, -0.25) is 0 Å². The van der Waals surface area contributed by atoms with E-state index in [1.165, 1.54) is 44.9 Å². The second kappa shape index (κ2) is 11.1. The molecule has 5 rings (SSSR count). The normalized spacial score (nSPS) is 24.4. The fourth-order valence-electron chi connectivity index (χ4n) is 7.73. The van der Waals surface area contributed by atoms with Crippen LogP contribution in [0.2, 0.25) is 0 Å². The number of benzene rings is 2. The first-order valence-corrected chi connectivity index (χ1v) is 15.5. The van der Waals surface area contributed by atoms with Crippen LogP contribution in [0.1, 0.15) is 69.2 Å². The van der Waals surface area contributed by atoms with Crippen molar-refractivity contribution in [1.29, 1.82) is 0 Å². The average Bonchev–Trinajstić information content (AvgIpc) is 3.27. The lowest BCUT2D eigenvalue weighted by molar-refractivity contribution is -0.0129. The molecule has 0 saturated carbocycles. The highest BCUT2D eigenvalue weighted by molar-refractivity contribution is 6.32. The van der Waals surface area contributed by atoms with Crippen molar-refractivity contribution in [3.8, 4) is 11.5 Å². The van der Waals surface area contributed by atoms with Gasteiger partial charge in [0.2, 0.25) is 0 Å². The quantitative estimate of drug-likeness (QED) is 0.330. The Morgan fingerprint density at radius 3 is 2.02 bits per heavy atom. The van der Waals surface area contributed by atoms with Gasteiger partial charge in [0.05, 0.1) is 14.2 Å². The Labute approximate surface area is 263 Å². The molecule has 0 aromatic heterocycles. The number of fused-ring (bicyclic) bond motifs is 2. The number of anilines is 2. The first kappa shape index (κ1) is 31.3. The second-order valence-corrected chi connectivity index (χ2v) is 13.6. The van der Waals surface area contributed by atoms with Crippen molar-refractivity contribution in [3.05, 3.63) is 92.7 Å². The maximum Gasteiger partial charge on any atom is 0.169 e. The highest BCUT2D eigenvalue weighted by Crippen LogP contribution is 2.55. The number of halogens is 1. The van der Waals surface area contributed by atoms with Crippen molar-refractivity contribution in [1.82, 2.24) is 0 Å². The molecule has 3 aliphatic rings. The van der Waals surface area contributed by atoms with Gasteiger partial charge in [-0.15, -0.1) is 0 Å². The molecule has 2 heterocycles. The van der Waals surface area contributed by atoms with E-state index in [1.54, 1.807) is 21.3 Å². The molecule has 1 aliphatic carbocycles. The van der Waals surface area contributed by atoms with Crippen LogP contribution in [-0.2, 0) is 15.6 Å². The van der Waals surface area contributed by atoms with E-state index < -0.39 is 5.72 Å². The van der Waals surface area contributed by atoms with E-state index in [0.717, 1.165) is 41.4 Å². The summed E-state index contributed by atoms with van der Waals surface area (Å²) in [5.41, 5.74) is 9.71. The molecule has 6 heteroatoms. The molecule has 2 aromatic carbocycles. The van der Waals surface area contributed by atoms with Gasteiger partial charge >= 0.3 is 0 Å². The summed E-state index contributed by atoms with van der Waals surface area (Å²) in [6, 6.07) is 8.52. The van der Waals surface area contributed by atoms with Gasteiger partial charge in [0, 0.05) is 54.1 Å². The number of aryl methyl sites for hydroxylation is 2. The summed E-state index contributed by atoms with van der Waals surface area (Å²) in [6.45, 7) is 13.3. The van der Waals surface area contributed by atoms with E-state index >= 15 is 0 Å². The summed E-state index contributed by atoms with van der Waals surface area (Å²) in [4.78, 5) is 4.58. The van der Waals surface area contributed by atoms with E-state index in [1.807, 2.05) is 0 Å². The summed E-state index contributed by atoms with van der Waals surface area (Å²) < 4.78 is 17.6. The minimum absolute atomic E-state index is 0.159. The van der Waals surface area contributed by atoms with Gasteiger partial charge in [0.1, 0.15) is 11.5 Å². The molecule has 5 nitrogen and oxygen atoms in total. The Bertz CT molecular complexity index is 1580. The predicted molar refractivity (Wildman–Crippen MR) is 180 cm³/mol. The molecule has 230 valence electrons. The number of nitrogens with zero attached hydrogens (tertiary/aromatic N) is 2. The Morgan fingerprint density at radius 1 is 0.814 bits per heavy atom. The molecular weight excluding hydrogens is 556 g/mol. The molecule has 2 aromatic rings. The predicted octanol–water partition coefficient (Wildman–Crippen LogP) is 8.86. The summed E-state index contributed by atoms with van der Waals surface area (Å²) in [5, 5.41) is 0.841. The second-order valence-electron chi connectivity index (χ2n) is 13.2. The maximum atomic E-state index is 7.16. The summed E-state index contributed by atoms with van der Waals surface area (Å²) in [6.07, 6.45) is 11.8. The number of methoxy groups -OCH3 is 3. The van der Waals surface area contributed by atoms with Crippen LogP contribution in [0.15, 0.2) is 70.4 Å². The van der Waals surface area contributed by atoms with E-state index in [2.05, 4.69) is 114 Å². The minimum atomic E-state index is -0.679.